The summed E-state index contributed by atoms with van der Waals surface area (Å²) in [4.78, 5) is 4.37. The van der Waals surface area contributed by atoms with Crippen molar-refractivity contribution in [1.29, 1.82) is 10.8 Å². The van der Waals surface area contributed by atoms with Crippen LogP contribution in [0.1, 0.15) is 6.92 Å². The predicted octanol–water partition coefficient (Wildman–Crippen LogP) is 3.19. The van der Waals surface area contributed by atoms with Gasteiger partial charge in [0.05, 0.1) is 12.7 Å². The Labute approximate surface area is 142 Å². The fourth-order valence-corrected chi connectivity index (χ4v) is 2.38. The molecule has 2 N–H and O–H groups in total. The fraction of sp³-hybridized carbons (Fsp3) is 0.125. The van der Waals surface area contributed by atoms with E-state index in [1.165, 1.54) is 4.57 Å². The molecular weight excluding hydrogens is 330 g/mol. The molecule has 0 amide bonds. The maximum absolute atomic E-state index is 7.80. The van der Waals surface area contributed by atoms with Crippen LogP contribution >= 0.6 is 11.6 Å². The number of hydrogen-bond donors (Lipinski definition) is 2. The summed E-state index contributed by atoms with van der Waals surface area (Å²) in [5.41, 5.74) is 1.43. The molecule has 0 saturated carbocycles. The molecule has 1 aromatic carbocycles. The van der Waals surface area contributed by atoms with E-state index in [1.807, 2.05) is 0 Å². The molecule has 3 rings (SSSR count). The topological polar surface area (TPSA) is 101 Å². The molecule has 0 saturated heterocycles. The van der Waals surface area contributed by atoms with Gasteiger partial charge in [0.15, 0.2) is 0 Å². The minimum Gasteiger partial charge on any atom is -0.496 e. The van der Waals surface area contributed by atoms with E-state index in [-0.39, 0.29) is 17.2 Å². The van der Waals surface area contributed by atoms with Crippen LogP contribution in [0.3, 0.4) is 0 Å². The van der Waals surface area contributed by atoms with Gasteiger partial charge in [0, 0.05) is 16.8 Å². The number of methoxy groups -OCH3 is 1. The van der Waals surface area contributed by atoms with Crippen molar-refractivity contribution in [2.24, 2.45) is 0 Å². The Kier molecular flexibility index (Phi) is 4.18. The van der Waals surface area contributed by atoms with Crippen LogP contribution in [0.4, 0.5) is 0 Å². The first-order chi connectivity index (χ1) is 11.5. The van der Waals surface area contributed by atoms with Crippen molar-refractivity contribution in [1.82, 2.24) is 14.7 Å². The molecule has 0 aliphatic carbocycles. The van der Waals surface area contributed by atoms with Gasteiger partial charge in [0.1, 0.15) is 17.1 Å². The number of ether oxygens (including phenoxy) is 1. The highest BCUT2D eigenvalue weighted by Crippen LogP contribution is 2.32. The lowest BCUT2D eigenvalue weighted by Crippen LogP contribution is -2.23. The molecule has 8 heteroatoms. The Balaban J connectivity index is 2.06. The van der Waals surface area contributed by atoms with Crippen LogP contribution in [0.25, 0.3) is 22.8 Å². The van der Waals surface area contributed by atoms with Crippen molar-refractivity contribution in [2.45, 2.75) is 6.92 Å². The zero-order valence-electron chi connectivity index (χ0n) is 13.0. The van der Waals surface area contributed by atoms with Crippen LogP contribution in [-0.2, 0) is 0 Å². The van der Waals surface area contributed by atoms with E-state index >= 15 is 0 Å². The Morgan fingerprint density at radius 2 is 2.08 bits per heavy atom. The van der Waals surface area contributed by atoms with Crippen LogP contribution in [0.5, 0.6) is 5.75 Å². The first-order valence-corrected chi connectivity index (χ1v) is 7.38. The summed E-state index contributed by atoms with van der Waals surface area (Å²) < 4.78 is 12.0. The largest absolute Gasteiger partial charge is 0.496 e. The summed E-state index contributed by atoms with van der Waals surface area (Å²) in [5.74, 6) is 1.42. The molecule has 7 nitrogen and oxygen atoms in total. The highest BCUT2D eigenvalue weighted by atomic mass is 35.5. The number of hydrogen-bond acceptors (Lipinski definition) is 6. The molecule has 0 radical (unpaired) electrons. The van der Waals surface area contributed by atoms with E-state index in [9.17, 15) is 0 Å². The van der Waals surface area contributed by atoms with Crippen molar-refractivity contribution < 1.29 is 9.26 Å². The molecule has 3 aromatic rings. The van der Waals surface area contributed by atoms with Gasteiger partial charge in [-0.25, -0.2) is 0 Å². The number of nitrogens with zero attached hydrogens (tertiary/aromatic N) is 3. The molecule has 0 aliphatic rings. The first kappa shape index (κ1) is 15.9. The van der Waals surface area contributed by atoms with Gasteiger partial charge in [0.2, 0.25) is 5.82 Å². The van der Waals surface area contributed by atoms with Crippen LogP contribution in [0.15, 0.2) is 41.1 Å². The lowest BCUT2D eigenvalue weighted by molar-refractivity contribution is 0.405. The van der Waals surface area contributed by atoms with E-state index < -0.39 is 0 Å². The summed E-state index contributed by atoms with van der Waals surface area (Å²) in [6.07, 6.45) is 1.62. The molecule has 2 aromatic heterocycles. The van der Waals surface area contributed by atoms with E-state index in [4.69, 9.17) is 31.7 Å². The predicted molar refractivity (Wildman–Crippen MR) is 89.4 cm³/mol. The maximum atomic E-state index is 7.80. The van der Waals surface area contributed by atoms with Crippen molar-refractivity contribution in [2.75, 3.05) is 7.11 Å². The summed E-state index contributed by atoms with van der Waals surface area (Å²) >= 11 is 6.03. The number of aromatic nitrogens is 3. The normalized spacial score (nSPS) is 10.6. The Morgan fingerprint density at radius 1 is 1.29 bits per heavy atom. The lowest BCUT2D eigenvalue weighted by Gasteiger charge is -2.05. The molecule has 0 spiro atoms. The third kappa shape index (κ3) is 2.93. The number of halogens is 1. The molecule has 0 aliphatic heterocycles. The van der Waals surface area contributed by atoms with Crippen LogP contribution < -0.4 is 10.2 Å². The van der Waals surface area contributed by atoms with Gasteiger partial charge in [-0.2, -0.15) is 4.98 Å². The SMILES string of the molecule is COc1ccc(Cl)cc1-c1nc(-c2ccc(=N)n(C(C)=N)c2)no1. The third-order valence-electron chi connectivity index (χ3n) is 3.39. The lowest BCUT2D eigenvalue weighted by atomic mass is 10.2. The maximum Gasteiger partial charge on any atom is 0.262 e. The first-order valence-electron chi connectivity index (χ1n) is 7.00. The van der Waals surface area contributed by atoms with Crippen LogP contribution in [-0.4, -0.2) is 27.7 Å². The zero-order chi connectivity index (χ0) is 17.3. The summed E-state index contributed by atoms with van der Waals surface area (Å²) in [6.45, 7) is 1.60. The molecule has 0 fully saturated rings. The average Bonchev–Trinajstić information content (AvgIpc) is 3.04. The second-order valence-corrected chi connectivity index (χ2v) is 5.46. The minimum absolute atomic E-state index is 0.200. The van der Waals surface area contributed by atoms with Gasteiger partial charge < -0.3 is 9.26 Å². The second-order valence-electron chi connectivity index (χ2n) is 5.03. The highest BCUT2D eigenvalue weighted by molar-refractivity contribution is 6.30. The van der Waals surface area contributed by atoms with Crippen molar-refractivity contribution in [3.05, 3.63) is 47.0 Å². The monoisotopic (exact) mass is 343 g/mol. The number of rotatable bonds is 3. The Bertz CT molecular complexity index is 977. The van der Waals surface area contributed by atoms with Crippen LogP contribution in [0, 0.1) is 10.8 Å². The number of benzene rings is 1. The molecule has 122 valence electrons. The molecule has 24 heavy (non-hydrogen) atoms. The molecule has 0 atom stereocenters. The molecule has 0 bridgehead atoms. The fourth-order valence-electron chi connectivity index (χ4n) is 2.21. The molecule has 0 unspecified atom stereocenters. The second kappa shape index (κ2) is 6.29. The van der Waals surface area contributed by atoms with Crippen LogP contribution in [0.2, 0.25) is 5.02 Å². The van der Waals surface area contributed by atoms with E-state index in [2.05, 4.69) is 10.1 Å². The van der Waals surface area contributed by atoms with Crippen molar-refractivity contribution in [3.8, 4) is 28.6 Å². The van der Waals surface area contributed by atoms with Gasteiger partial charge in [0.25, 0.3) is 5.89 Å². The van der Waals surface area contributed by atoms with E-state index in [0.29, 0.717) is 27.7 Å². The van der Waals surface area contributed by atoms with Gasteiger partial charge in [-0.05, 0) is 37.3 Å². The smallest absolute Gasteiger partial charge is 0.262 e. The average molecular weight is 344 g/mol. The summed E-state index contributed by atoms with van der Waals surface area (Å²) in [5, 5.41) is 20.0. The highest BCUT2D eigenvalue weighted by Gasteiger charge is 2.16. The molecular formula is C16H14ClN5O2. The summed E-state index contributed by atoms with van der Waals surface area (Å²) in [7, 11) is 1.55. The van der Waals surface area contributed by atoms with Crippen molar-refractivity contribution in [3.63, 3.8) is 0 Å². The van der Waals surface area contributed by atoms with Gasteiger partial charge in [-0.1, -0.05) is 16.8 Å². The van der Waals surface area contributed by atoms with Gasteiger partial charge in [-0.3, -0.25) is 15.4 Å². The minimum atomic E-state index is 0.200. The van der Waals surface area contributed by atoms with E-state index in [1.54, 1.807) is 50.6 Å². The Morgan fingerprint density at radius 3 is 2.79 bits per heavy atom. The number of nitrogens with one attached hydrogen (secondary N) is 2. The van der Waals surface area contributed by atoms with E-state index in [0.717, 1.165) is 0 Å². The van der Waals surface area contributed by atoms with Gasteiger partial charge in [-0.15, -0.1) is 0 Å². The summed E-state index contributed by atoms with van der Waals surface area (Å²) in [6, 6.07) is 8.40. The zero-order valence-corrected chi connectivity index (χ0v) is 13.8. The van der Waals surface area contributed by atoms with Crippen molar-refractivity contribution >= 4 is 17.4 Å². The number of pyridine rings is 1. The Hall–Kier alpha value is -2.93. The quantitative estimate of drug-likeness (QED) is 0.563. The third-order valence-corrected chi connectivity index (χ3v) is 3.62. The standard InChI is InChI=1S/C16H14ClN5O2/c1-9(18)22-8-10(3-6-14(22)19)15-20-16(24-21-15)12-7-11(17)4-5-13(12)23-2/h3-8,18-19H,1-2H3. The molecule has 2 heterocycles. The van der Waals surface area contributed by atoms with Gasteiger partial charge >= 0.3 is 0 Å².